The summed E-state index contributed by atoms with van der Waals surface area (Å²) in [5.41, 5.74) is 5.90. The largest absolute Gasteiger partial charge is 0.497 e. The SMILES string of the molecule is COc1ccc(OC(F)F)c(CNC(=O)[C@@H]2CC[C@H](CN)O2)c1.Cl. The summed E-state index contributed by atoms with van der Waals surface area (Å²) in [5, 5.41) is 2.67. The lowest BCUT2D eigenvalue weighted by molar-refractivity contribution is -0.132. The van der Waals surface area contributed by atoms with Crippen LogP contribution in [0.3, 0.4) is 0 Å². The summed E-state index contributed by atoms with van der Waals surface area (Å²) in [5.74, 6) is 0.177. The van der Waals surface area contributed by atoms with Crippen LogP contribution in [-0.2, 0) is 16.1 Å². The molecule has 1 amide bonds. The van der Waals surface area contributed by atoms with Gasteiger partial charge in [-0.2, -0.15) is 8.78 Å². The molecule has 24 heavy (non-hydrogen) atoms. The van der Waals surface area contributed by atoms with E-state index in [9.17, 15) is 13.6 Å². The van der Waals surface area contributed by atoms with Gasteiger partial charge in [0.25, 0.3) is 0 Å². The quantitative estimate of drug-likeness (QED) is 0.769. The van der Waals surface area contributed by atoms with Crippen LogP contribution in [0.4, 0.5) is 8.78 Å². The lowest BCUT2D eigenvalue weighted by Crippen LogP contribution is -2.35. The van der Waals surface area contributed by atoms with E-state index in [2.05, 4.69) is 10.1 Å². The number of methoxy groups -OCH3 is 1. The molecule has 1 aliphatic heterocycles. The van der Waals surface area contributed by atoms with Crippen molar-refractivity contribution in [1.29, 1.82) is 0 Å². The summed E-state index contributed by atoms with van der Waals surface area (Å²) in [6.45, 7) is -2.54. The topological polar surface area (TPSA) is 82.8 Å². The number of amides is 1. The minimum Gasteiger partial charge on any atom is -0.497 e. The number of ether oxygens (including phenoxy) is 3. The van der Waals surface area contributed by atoms with Gasteiger partial charge >= 0.3 is 6.61 Å². The van der Waals surface area contributed by atoms with Gasteiger partial charge < -0.3 is 25.3 Å². The first kappa shape index (κ1) is 20.4. The van der Waals surface area contributed by atoms with E-state index in [1.165, 1.54) is 25.3 Å². The van der Waals surface area contributed by atoms with Crippen LogP contribution in [-0.4, -0.2) is 38.4 Å². The summed E-state index contributed by atoms with van der Waals surface area (Å²) in [6.07, 6.45) is 0.647. The van der Waals surface area contributed by atoms with E-state index in [1.807, 2.05) is 0 Å². The zero-order valence-electron chi connectivity index (χ0n) is 13.2. The number of hydrogen-bond donors (Lipinski definition) is 2. The average molecular weight is 367 g/mol. The molecule has 0 unspecified atom stereocenters. The fourth-order valence-corrected chi connectivity index (χ4v) is 2.40. The van der Waals surface area contributed by atoms with E-state index in [4.69, 9.17) is 15.2 Å². The number of carbonyl (C=O) groups excluding carboxylic acids is 1. The standard InChI is InChI=1S/C15H20F2N2O4.ClH/c1-21-10-2-4-12(23-15(16)17)9(6-10)8-19-14(20)13-5-3-11(7-18)22-13;/h2,4,6,11,13,15H,3,5,7-8,18H2,1H3,(H,19,20);1H/t11-,13+;/m1./s1. The maximum Gasteiger partial charge on any atom is 0.387 e. The normalized spacial score (nSPS) is 19.7. The van der Waals surface area contributed by atoms with Crippen molar-refractivity contribution in [3.8, 4) is 11.5 Å². The van der Waals surface area contributed by atoms with Crippen molar-refractivity contribution in [3.05, 3.63) is 23.8 Å². The van der Waals surface area contributed by atoms with Crippen LogP contribution in [0.1, 0.15) is 18.4 Å². The van der Waals surface area contributed by atoms with Gasteiger partial charge in [-0.3, -0.25) is 4.79 Å². The monoisotopic (exact) mass is 366 g/mol. The summed E-state index contributed by atoms with van der Waals surface area (Å²) in [7, 11) is 1.46. The van der Waals surface area contributed by atoms with Gasteiger partial charge in [-0.05, 0) is 31.0 Å². The van der Waals surface area contributed by atoms with Crippen molar-refractivity contribution in [2.24, 2.45) is 5.73 Å². The number of rotatable bonds is 7. The van der Waals surface area contributed by atoms with E-state index < -0.39 is 12.7 Å². The number of nitrogens with two attached hydrogens (primary N) is 1. The van der Waals surface area contributed by atoms with Crippen molar-refractivity contribution >= 4 is 18.3 Å². The van der Waals surface area contributed by atoms with Crippen LogP contribution < -0.4 is 20.5 Å². The summed E-state index contributed by atoms with van der Waals surface area (Å²) < 4.78 is 39.9. The highest BCUT2D eigenvalue weighted by molar-refractivity contribution is 5.85. The second kappa shape index (κ2) is 9.61. The zero-order valence-corrected chi connectivity index (χ0v) is 14.0. The molecule has 1 heterocycles. The van der Waals surface area contributed by atoms with Crippen LogP contribution in [0, 0.1) is 0 Å². The molecular weight excluding hydrogens is 346 g/mol. The maximum atomic E-state index is 12.4. The molecule has 1 aliphatic rings. The molecule has 0 aliphatic carbocycles. The van der Waals surface area contributed by atoms with Gasteiger partial charge in [0.05, 0.1) is 13.2 Å². The lowest BCUT2D eigenvalue weighted by Gasteiger charge is -2.15. The molecular formula is C15H21ClF2N2O4. The first-order valence-corrected chi connectivity index (χ1v) is 7.28. The van der Waals surface area contributed by atoms with Crippen LogP contribution in [0.5, 0.6) is 11.5 Å². The summed E-state index contributed by atoms with van der Waals surface area (Å²) in [6, 6.07) is 4.42. The van der Waals surface area contributed by atoms with E-state index in [0.29, 0.717) is 24.3 Å². The van der Waals surface area contributed by atoms with Gasteiger partial charge in [0.1, 0.15) is 17.6 Å². The van der Waals surface area contributed by atoms with Crippen LogP contribution in [0.15, 0.2) is 18.2 Å². The third-order valence-corrected chi connectivity index (χ3v) is 3.60. The number of hydrogen-bond acceptors (Lipinski definition) is 5. The minimum absolute atomic E-state index is 0. The number of halogens is 3. The Morgan fingerprint density at radius 1 is 1.46 bits per heavy atom. The smallest absolute Gasteiger partial charge is 0.387 e. The molecule has 0 spiro atoms. The van der Waals surface area contributed by atoms with E-state index in [0.717, 1.165) is 6.42 Å². The highest BCUT2D eigenvalue weighted by Gasteiger charge is 2.29. The first-order valence-electron chi connectivity index (χ1n) is 7.28. The molecule has 2 atom stereocenters. The fourth-order valence-electron chi connectivity index (χ4n) is 2.40. The van der Waals surface area contributed by atoms with Gasteiger partial charge in [0.15, 0.2) is 0 Å². The van der Waals surface area contributed by atoms with Crippen LogP contribution >= 0.6 is 12.4 Å². The summed E-state index contributed by atoms with van der Waals surface area (Å²) >= 11 is 0. The molecule has 1 aromatic carbocycles. The van der Waals surface area contributed by atoms with Gasteiger partial charge in [-0.1, -0.05) is 0 Å². The van der Waals surface area contributed by atoms with Crippen LogP contribution in [0.2, 0.25) is 0 Å². The highest BCUT2D eigenvalue weighted by Crippen LogP contribution is 2.26. The Bertz CT molecular complexity index is 548. The molecule has 0 radical (unpaired) electrons. The fraction of sp³-hybridized carbons (Fsp3) is 0.533. The molecule has 1 aromatic rings. The van der Waals surface area contributed by atoms with E-state index >= 15 is 0 Å². The molecule has 0 saturated carbocycles. The van der Waals surface area contributed by atoms with E-state index in [1.54, 1.807) is 0 Å². The highest BCUT2D eigenvalue weighted by atomic mass is 35.5. The molecule has 2 rings (SSSR count). The number of alkyl halides is 2. The van der Waals surface area contributed by atoms with E-state index in [-0.39, 0.29) is 36.7 Å². The van der Waals surface area contributed by atoms with Gasteiger partial charge in [-0.15, -0.1) is 12.4 Å². The Morgan fingerprint density at radius 3 is 2.79 bits per heavy atom. The molecule has 9 heteroatoms. The molecule has 6 nitrogen and oxygen atoms in total. The Morgan fingerprint density at radius 2 is 2.21 bits per heavy atom. The molecule has 0 aromatic heterocycles. The molecule has 1 fully saturated rings. The third-order valence-electron chi connectivity index (χ3n) is 3.60. The Kier molecular flexibility index (Phi) is 8.17. The number of nitrogens with one attached hydrogen (secondary N) is 1. The first-order chi connectivity index (χ1) is 11.0. The maximum absolute atomic E-state index is 12.4. The van der Waals surface area contributed by atoms with Crippen LogP contribution in [0.25, 0.3) is 0 Å². The predicted molar refractivity (Wildman–Crippen MR) is 85.7 cm³/mol. The van der Waals surface area contributed by atoms with Crippen molar-refractivity contribution in [3.63, 3.8) is 0 Å². The summed E-state index contributed by atoms with van der Waals surface area (Å²) in [4.78, 5) is 12.1. The lowest BCUT2D eigenvalue weighted by atomic mass is 10.1. The molecule has 136 valence electrons. The second-order valence-corrected chi connectivity index (χ2v) is 5.13. The third kappa shape index (κ3) is 5.47. The molecule has 0 bridgehead atoms. The van der Waals surface area contributed by atoms with Gasteiger partial charge in [0, 0.05) is 18.7 Å². The minimum atomic E-state index is -2.94. The Labute approximate surface area is 145 Å². The van der Waals surface area contributed by atoms with Crippen molar-refractivity contribution in [1.82, 2.24) is 5.32 Å². The zero-order chi connectivity index (χ0) is 16.8. The molecule has 3 N–H and O–H groups in total. The van der Waals surface area contributed by atoms with Gasteiger partial charge in [0.2, 0.25) is 5.91 Å². The van der Waals surface area contributed by atoms with Crippen molar-refractivity contribution < 1.29 is 27.8 Å². The molecule has 1 saturated heterocycles. The number of benzene rings is 1. The second-order valence-electron chi connectivity index (χ2n) is 5.13. The Hall–Kier alpha value is -1.64. The van der Waals surface area contributed by atoms with Crippen molar-refractivity contribution in [2.45, 2.75) is 38.2 Å². The van der Waals surface area contributed by atoms with Gasteiger partial charge in [-0.25, -0.2) is 0 Å². The Balaban J connectivity index is 0.00000288. The average Bonchev–Trinajstić information content (AvgIpc) is 3.02. The number of carbonyl (C=O) groups is 1. The predicted octanol–water partition coefficient (Wildman–Crippen LogP) is 1.84. The van der Waals surface area contributed by atoms with Crippen molar-refractivity contribution in [2.75, 3.05) is 13.7 Å².